The highest BCUT2D eigenvalue weighted by Gasteiger charge is 2.25. The summed E-state index contributed by atoms with van der Waals surface area (Å²) in [5.41, 5.74) is 0. The van der Waals surface area contributed by atoms with Crippen molar-refractivity contribution >= 4 is 5.97 Å². The number of aliphatic carboxylic acids is 1. The van der Waals surface area contributed by atoms with Crippen molar-refractivity contribution in [3.63, 3.8) is 0 Å². The van der Waals surface area contributed by atoms with Gasteiger partial charge in [0, 0.05) is 25.0 Å². The second kappa shape index (κ2) is 6.86. The van der Waals surface area contributed by atoms with Crippen LogP contribution in [0.3, 0.4) is 0 Å². The van der Waals surface area contributed by atoms with E-state index in [1.165, 1.54) is 25.7 Å². The van der Waals surface area contributed by atoms with Crippen LogP contribution in [0.25, 0.3) is 0 Å². The van der Waals surface area contributed by atoms with E-state index in [-0.39, 0.29) is 19.1 Å². The van der Waals surface area contributed by atoms with Gasteiger partial charge in [0.25, 0.3) is 0 Å². The molecule has 16 heavy (non-hydrogen) atoms. The summed E-state index contributed by atoms with van der Waals surface area (Å²) >= 11 is 0. The number of rotatable bonds is 7. The topological polar surface area (TPSA) is 60.8 Å². The number of hydrogen-bond acceptors (Lipinski definition) is 3. The summed E-state index contributed by atoms with van der Waals surface area (Å²) in [5.74, 6) is -0.734. The van der Waals surface area contributed by atoms with Gasteiger partial charge in [-0.1, -0.05) is 12.8 Å². The number of aliphatic hydroxyl groups excluding tert-OH is 1. The normalized spacial score (nSPS) is 19.2. The zero-order chi connectivity index (χ0) is 12.0. The zero-order valence-electron chi connectivity index (χ0n) is 10.1. The highest BCUT2D eigenvalue weighted by Crippen LogP contribution is 2.25. The fourth-order valence-corrected chi connectivity index (χ4v) is 2.61. The van der Waals surface area contributed by atoms with E-state index in [4.69, 9.17) is 10.2 Å². The third-order valence-electron chi connectivity index (χ3n) is 3.49. The zero-order valence-corrected chi connectivity index (χ0v) is 10.1. The number of nitrogens with zero attached hydrogens (tertiary/aromatic N) is 1. The maximum absolute atomic E-state index is 10.5. The number of carboxylic acids is 1. The molecule has 1 atom stereocenters. The maximum Gasteiger partial charge on any atom is 0.303 e. The van der Waals surface area contributed by atoms with Gasteiger partial charge in [-0.05, 0) is 26.2 Å². The molecule has 0 aromatic heterocycles. The molecular weight excluding hydrogens is 206 g/mol. The molecule has 1 aliphatic rings. The second-order valence-electron chi connectivity index (χ2n) is 4.68. The quantitative estimate of drug-likeness (QED) is 0.694. The van der Waals surface area contributed by atoms with Crippen molar-refractivity contribution in [1.82, 2.24) is 4.90 Å². The molecule has 0 aromatic carbocycles. The molecule has 1 unspecified atom stereocenters. The monoisotopic (exact) mass is 229 g/mol. The third-order valence-corrected chi connectivity index (χ3v) is 3.49. The summed E-state index contributed by atoms with van der Waals surface area (Å²) in [6.07, 6.45) is 5.80. The lowest BCUT2D eigenvalue weighted by Crippen LogP contribution is -2.42. The molecule has 94 valence electrons. The van der Waals surface area contributed by atoms with Crippen molar-refractivity contribution < 1.29 is 15.0 Å². The second-order valence-corrected chi connectivity index (χ2v) is 4.68. The fourth-order valence-electron chi connectivity index (χ4n) is 2.61. The van der Waals surface area contributed by atoms with E-state index in [0.717, 1.165) is 0 Å². The molecule has 0 aliphatic heterocycles. The average molecular weight is 229 g/mol. The largest absolute Gasteiger partial charge is 0.481 e. The van der Waals surface area contributed by atoms with Gasteiger partial charge >= 0.3 is 5.97 Å². The molecule has 0 aromatic rings. The number of aliphatic hydroxyl groups is 1. The standard InChI is InChI=1S/C12H23NO3/c1-10(6-7-12(15)16)13(8-9-14)11-4-2-3-5-11/h10-11,14H,2-9H2,1H3,(H,15,16). The molecule has 0 radical (unpaired) electrons. The Morgan fingerprint density at radius 1 is 1.44 bits per heavy atom. The van der Waals surface area contributed by atoms with Gasteiger partial charge in [0.05, 0.1) is 6.61 Å². The van der Waals surface area contributed by atoms with Crippen molar-refractivity contribution in [2.24, 2.45) is 0 Å². The van der Waals surface area contributed by atoms with Crippen molar-refractivity contribution in [2.75, 3.05) is 13.2 Å². The minimum atomic E-state index is -0.734. The highest BCUT2D eigenvalue weighted by molar-refractivity contribution is 5.66. The molecule has 2 N–H and O–H groups in total. The molecule has 0 amide bonds. The minimum absolute atomic E-state index is 0.161. The first-order valence-corrected chi connectivity index (χ1v) is 6.23. The lowest BCUT2D eigenvalue weighted by atomic mass is 10.1. The Balaban J connectivity index is 2.43. The molecule has 0 bridgehead atoms. The van der Waals surface area contributed by atoms with E-state index in [9.17, 15) is 4.79 Å². The Morgan fingerprint density at radius 3 is 2.56 bits per heavy atom. The molecule has 4 heteroatoms. The SMILES string of the molecule is CC(CCC(=O)O)N(CCO)C1CCCC1. The molecule has 0 heterocycles. The van der Waals surface area contributed by atoms with Crippen LogP contribution >= 0.6 is 0 Å². The van der Waals surface area contributed by atoms with E-state index < -0.39 is 5.97 Å². The van der Waals surface area contributed by atoms with Crippen molar-refractivity contribution in [3.8, 4) is 0 Å². The predicted octanol–water partition coefficient (Wildman–Crippen LogP) is 1.48. The number of carbonyl (C=O) groups is 1. The van der Waals surface area contributed by atoms with Gasteiger partial charge in [-0.3, -0.25) is 9.69 Å². The molecule has 1 fully saturated rings. The molecule has 4 nitrogen and oxygen atoms in total. The Labute approximate surface area is 97.3 Å². The van der Waals surface area contributed by atoms with Crippen molar-refractivity contribution in [3.05, 3.63) is 0 Å². The van der Waals surface area contributed by atoms with Crippen LogP contribution in [0, 0.1) is 0 Å². The Morgan fingerprint density at radius 2 is 2.06 bits per heavy atom. The van der Waals surface area contributed by atoms with Crippen molar-refractivity contribution in [1.29, 1.82) is 0 Å². The summed E-state index contributed by atoms with van der Waals surface area (Å²) in [4.78, 5) is 12.8. The summed E-state index contributed by atoms with van der Waals surface area (Å²) < 4.78 is 0. The van der Waals surface area contributed by atoms with Gasteiger partial charge < -0.3 is 10.2 Å². The number of carboxylic acid groups (broad SMARTS) is 1. The van der Waals surface area contributed by atoms with Crippen molar-refractivity contribution in [2.45, 2.75) is 57.5 Å². The molecule has 1 rings (SSSR count). The van der Waals surface area contributed by atoms with Crippen LogP contribution in [0.5, 0.6) is 0 Å². The number of hydrogen-bond donors (Lipinski definition) is 2. The highest BCUT2D eigenvalue weighted by atomic mass is 16.4. The van der Waals surface area contributed by atoms with E-state index in [2.05, 4.69) is 11.8 Å². The smallest absolute Gasteiger partial charge is 0.303 e. The Hall–Kier alpha value is -0.610. The average Bonchev–Trinajstić information content (AvgIpc) is 2.75. The molecule has 0 saturated heterocycles. The van der Waals surface area contributed by atoms with Gasteiger partial charge in [0.15, 0.2) is 0 Å². The van der Waals surface area contributed by atoms with Gasteiger partial charge in [-0.2, -0.15) is 0 Å². The molecule has 1 aliphatic carbocycles. The Bertz CT molecular complexity index is 214. The molecule has 0 spiro atoms. The first-order valence-electron chi connectivity index (χ1n) is 6.23. The summed E-state index contributed by atoms with van der Waals surface area (Å²) in [7, 11) is 0. The lowest BCUT2D eigenvalue weighted by Gasteiger charge is -2.33. The van der Waals surface area contributed by atoms with Crippen LogP contribution < -0.4 is 0 Å². The van der Waals surface area contributed by atoms with E-state index >= 15 is 0 Å². The van der Waals surface area contributed by atoms with Gasteiger partial charge in [-0.25, -0.2) is 0 Å². The van der Waals surface area contributed by atoms with E-state index in [0.29, 0.717) is 19.0 Å². The van der Waals surface area contributed by atoms with E-state index in [1.807, 2.05) is 0 Å². The van der Waals surface area contributed by atoms with Gasteiger partial charge in [0.1, 0.15) is 0 Å². The lowest BCUT2D eigenvalue weighted by molar-refractivity contribution is -0.137. The fraction of sp³-hybridized carbons (Fsp3) is 0.917. The maximum atomic E-state index is 10.5. The summed E-state index contributed by atoms with van der Waals surface area (Å²) in [5, 5.41) is 17.7. The first kappa shape index (κ1) is 13.5. The molecule has 1 saturated carbocycles. The van der Waals surface area contributed by atoms with Crippen LogP contribution in [-0.2, 0) is 4.79 Å². The minimum Gasteiger partial charge on any atom is -0.481 e. The van der Waals surface area contributed by atoms with Gasteiger partial charge in [0.2, 0.25) is 0 Å². The summed E-state index contributed by atoms with van der Waals surface area (Å²) in [6.45, 7) is 2.90. The summed E-state index contributed by atoms with van der Waals surface area (Å²) in [6, 6.07) is 0.808. The molecular formula is C12H23NO3. The van der Waals surface area contributed by atoms with E-state index in [1.54, 1.807) is 0 Å². The predicted molar refractivity (Wildman–Crippen MR) is 62.4 cm³/mol. The van der Waals surface area contributed by atoms with Gasteiger partial charge in [-0.15, -0.1) is 0 Å². The van der Waals surface area contributed by atoms with Crippen LogP contribution in [0.2, 0.25) is 0 Å². The van der Waals surface area contributed by atoms with Crippen LogP contribution in [0.1, 0.15) is 45.4 Å². The Kier molecular flexibility index (Phi) is 5.77. The van der Waals surface area contributed by atoms with Crippen LogP contribution in [0.4, 0.5) is 0 Å². The third kappa shape index (κ3) is 4.10. The van der Waals surface area contributed by atoms with Crippen LogP contribution in [0.15, 0.2) is 0 Å². The van der Waals surface area contributed by atoms with Crippen LogP contribution in [-0.4, -0.2) is 46.3 Å². The first-order chi connectivity index (χ1) is 7.65.